The smallest absolute Gasteiger partial charge is 0.258 e. The van der Waals surface area contributed by atoms with Gasteiger partial charge in [0, 0.05) is 30.7 Å². The standard InChI is InChI=1S/C21H25ClN2O2/c22-18-6-8-20(9-7-18)26-16-21(25)23-19-11-14-24(15-12-19)13-10-17-4-2-1-3-5-17/h1-9,19H,10-16H2,(H,23,25). The van der Waals surface area contributed by atoms with E-state index >= 15 is 0 Å². The number of nitrogens with zero attached hydrogens (tertiary/aromatic N) is 1. The summed E-state index contributed by atoms with van der Waals surface area (Å²) >= 11 is 5.83. The summed E-state index contributed by atoms with van der Waals surface area (Å²) in [5.41, 5.74) is 1.38. The van der Waals surface area contributed by atoms with Gasteiger partial charge in [-0.25, -0.2) is 0 Å². The van der Waals surface area contributed by atoms with E-state index in [1.165, 1.54) is 5.56 Å². The van der Waals surface area contributed by atoms with Gasteiger partial charge in [-0.15, -0.1) is 0 Å². The average molecular weight is 373 g/mol. The predicted octanol–water partition coefficient (Wildman–Crippen LogP) is 3.54. The van der Waals surface area contributed by atoms with Crippen molar-refractivity contribution in [3.05, 3.63) is 65.2 Å². The van der Waals surface area contributed by atoms with Crippen LogP contribution in [0.2, 0.25) is 5.02 Å². The molecule has 5 heteroatoms. The van der Waals surface area contributed by atoms with Gasteiger partial charge >= 0.3 is 0 Å². The number of likely N-dealkylation sites (tertiary alicyclic amines) is 1. The van der Waals surface area contributed by atoms with Crippen molar-refractivity contribution in [2.75, 3.05) is 26.2 Å². The molecule has 0 spiro atoms. The first-order valence-electron chi connectivity index (χ1n) is 9.13. The molecule has 26 heavy (non-hydrogen) atoms. The van der Waals surface area contributed by atoms with Crippen molar-refractivity contribution in [1.29, 1.82) is 0 Å². The third kappa shape index (κ3) is 6.04. The maximum absolute atomic E-state index is 12.1. The van der Waals surface area contributed by atoms with Crippen LogP contribution < -0.4 is 10.1 Å². The Morgan fingerprint density at radius 1 is 1.08 bits per heavy atom. The topological polar surface area (TPSA) is 41.6 Å². The Bertz CT molecular complexity index is 683. The molecule has 1 N–H and O–H groups in total. The van der Waals surface area contributed by atoms with Crippen molar-refractivity contribution in [3.8, 4) is 5.75 Å². The molecule has 0 aliphatic carbocycles. The fourth-order valence-corrected chi connectivity index (χ4v) is 3.31. The molecular weight excluding hydrogens is 348 g/mol. The number of piperidine rings is 1. The molecule has 0 saturated carbocycles. The molecule has 0 atom stereocenters. The van der Waals surface area contributed by atoms with Crippen LogP contribution in [-0.2, 0) is 11.2 Å². The van der Waals surface area contributed by atoms with Gasteiger partial charge in [-0.3, -0.25) is 4.79 Å². The zero-order chi connectivity index (χ0) is 18.2. The summed E-state index contributed by atoms with van der Waals surface area (Å²) in [6, 6.07) is 17.8. The summed E-state index contributed by atoms with van der Waals surface area (Å²) in [6.07, 6.45) is 3.05. The van der Waals surface area contributed by atoms with Crippen LogP contribution >= 0.6 is 11.6 Å². The van der Waals surface area contributed by atoms with E-state index in [9.17, 15) is 4.79 Å². The first-order chi connectivity index (χ1) is 12.7. The molecule has 2 aromatic rings. The van der Waals surface area contributed by atoms with Gasteiger partial charge in [0.1, 0.15) is 5.75 Å². The van der Waals surface area contributed by atoms with Gasteiger partial charge in [0.25, 0.3) is 5.91 Å². The number of ether oxygens (including phenoxy) is 1. The summed E-state index contributed by atoms with van der Waals surface area (Å²) in [7, 11) is 0. The summed E-state index contributed by atoms with van der Waals surface area (Å²) in [5.74, 6) is 0.586. The summed E-state index contributed by atoms with van der Waals surface area (Å²) in [6.45, 7) is 3.16. The monoisotopic (exact) mass is 372 g/mol. The van der Waals surface area contributed by atoms with Crippen LogP contribution in [0.25, 0.3) is 0 Å². The Morgan fingerprint density at radius 2 is 1.77 bits per heavy atom. The molecule has 1 aliphatic heterocycles. The molecule has 1 amide bonds. The lowest BCUT2D eigenvalue weighted by Crippen LogP contribution is -2.46. The van der Waals surface area contributed by atoms with Crippen LogP contribution in [0, 0.1) is 0 Å². The molecule has 2 aromatic carbocycles. The highest BCUT2D eigenvalue weighted by Gasteiger charge is 2.20. The number of nitrogens with one attached hydrogen (secondary N) is 1. The number of amides is 1. The van der Waals surface area contributed by atoms with Crippen molar-refractivity contribution in [2.24, 2.45) is 0 Å². The first-order valence-corrected chi connectivity index (χ1v) is 9.51. The predicted molar refractivity (Wildman–Crippen MR) is 105 cm³/mol. The molecule has 1 saturated heterocycles. The zero-order valence-corrected chi connectivity index (χ0v) is 15.6. The van der Waals surface area contributed by atoms with E-state index in [-0.39, 0.29) is 18.6 Å². The lowest BCUT2D eigenvalue weighted by molar-refractivity contribution is -0.124. The molecular formula is C21H25ClN2O2. The highest BCUT2D eigenvalue weighted by atomic mass is 35.5. The van der Waals surface area contributed by atoms with Gasteiger partial charge in [-0.05, 0) is 49.1 Å². The van der Waals surface area contributed by atoms with E-state index in [1.54, 1.807) is 24.3 Å². The Hall–Kier alpha value is -2.04. The summed E-state index contributed by atoms with van der Waals surface area (Å²) < 4.78 is 5.49. The Kier molecular flexibility index (Phi) is 6.92. The molecule has 1 heterocycles. The molecule has 138 valence electrons. The van der Waals surface area contributed by atoms with Crippen molar-refractivity contribution in [3.63, 3.8) is 0 Å². The van der Waals surface area contributed by atoms with Gasteiger partial charge in [0.15, 0.2) is 6.61 Å². The van der Waals surface area contributed by atoms with Crippen LogP contribution in [-0.4, -0.2) is 43.1 Å². The summed E-state index contributed by atoms with van der Waals surface area (Å²) in [4.78, 5) is 14.5. The number of carbonyl (C=O) groups is 1. The van der Waals surface area contributed by atoms with Crippen LogP contribution in [0.3, 0.4) is 0 Å². The van der Waals surface area contributed by atoms with Gasteiger partial charge in [0.05, 0.1) is 0 Å². The molecule has 0 radical (unpaired) electrons. The van der Waals surface area contributed by atoms with E-state index in [4.69, 9.17) is 16.3 Å². The number of hydrogen-bond acceptors (Lipinski definition) is 3. The van der Waals surface area contributed by atoms with E-state index in [0.29, 0.717) is 10.8 Å². The third-order valence-corrected chi connectivity index (χ3v) is 4.95. The van der Waals surface area contributed by atoms with Crippen molar-refractivity contribution in [1.82, 2.24) is 10.2 Å². The lowest BCUT2D eigenvalue weighted by atomic mass is 10.0. The number of hydrogen-bond donors (Lipinski definition) is 1. The quantitative estimate of drug-likeness (QED) is 0.808. The molecule has 3 rings (SSSR count). The maximum Gasteiger partial charge on any atom is 0.258 e. The second-order valence-electron chi connectivity index (χ2n) is 6.66. The summed E-state index contributed by atoms with van der Waals surface area (Å²) in [5, 5.41) is 3.73. The normalized spacial score (nSPS) is 15.6. The van der Waals surface area contributed by atoms with Crippen molar-refractivity contribution < 1.29 is 9.53 Å². The van der Waals surface area contributed by atoms with E-state index < -0.39 is 0 Å². The Balaban J connectivity index is 1.33. The number of rotatable bonds is 7. The van der Waals surface area contributed by atoms with Crippen LogP contribution in [0.4, 0.5) is 0 Å². The van der Waals surface area contributed by atoms with E-state index in [1.807, 2.05) is 6.07 Å². The highest BCUT2D eigenvalue weighted by Crippen LogP contribution is 2.15. The second-order valence-corrected chi connectivity index (χ2v) is 7.10. The fraction of sp³-hybridized carbons (Fsp3) is 0.381. The second kappa shape index (κ2) is 9.60. The third-order valence-electron chi connectivity index (χ3n) is 4.70. The first kappa shape index (κ1) is 18.7. The van der Waals surface area contributed by atoms with Crippen molar-refractivity contribution >= 4 is 17.5 Å². The SMILES string of the molecule is O=C(COc1ccc(Cl)cc1)NC1CCN(CCc2ccccc2)CC1. The molecule has 1 aliphatic rings. The Labute approximate surface area is 160 Å². The molecule has 0 bridgehead atoms. The number of benzene rings is 2. The van der Waals surface area contributed by atoms with Crippen LogP contribution in [0.15, 0.2) is 54.6 Å². The largest absolute Gasteiger partial charge is 0.484 e. The minimum Gasteiger partial charge on any atom is -0.484 e. The zero-order valence-electron chi connectivity index (χ0n) is 14.9. The molecule has 0 aromatic heterocycles. The minimum absolute atomic E-state index is 0.0376. The molecule has 4 nitrogen and oxygen atoms in total. The van der Waals surface area contributed by atoms with Crippen molar-refractivity contribution in [2.45, 2.75) is 25.3 Å². The number of halogens is 1. The van der Waals surface area contributed by atoms with Crippen LogP contribution in [0.1, 0.15) is 18.4 Å². The average Bonchev–Trinajstić information content (AvgIpc) is 2.68. The molecule has 1 fully saturated rings. The maximum atomic E-state index is 12.1. The van der Waals surface area contributed by atoms with E-state index in [2.05, 4.69) is 34.5 Å². The lowest BCUT2D eigenvalue weighted by Gasteiger charge is -2.32. The minimum atomic E-state index is -0.0670. The Morgan fingerprint density at radius 3 is 2.46 bits per heavy atom. The van der Waals surface area contributed by atoms with Gasteiger partial charge < -0.3 is 15.0 Å². The molecule has 0 unspecified atom stereocenters. The highest BCUT2D eigenvalue weighted by molar-refractivity contribution is 6.30. The van der Waals surface area contributed by atoms with Gasteiger partial charge in [-0.1, -0.05) is 41.9 Å². The van der Waals surface area contributed by atoms with Gasteiger partial charge in [0.2, 0.25) is 0 Å². The van der Waals surface area contributed by atoms with E-state index in [0.717, 1.165) is 38.9 Å². The van der Waals surface area contributed by atoms with Gasteiger partial charge in [-0.2, -0.15) is 0 Å². The number of carbonyl (C=O) groups excluding carboxylic acids is 1. The van der Waals surface area contributed by atoms with Crippen LogP contribution in [0.5, 0.6) is 5.75 Å². The fourth-order valence-electron chi connectivity index (χ4n) is 3.18.